The summed E-state index contributed by atoms with van der Waals surface area (Å²) in [5.74, 6) is -0.972. The van der Waals surface area contributed by atoms with E-state index >= 15 is 0 Å². The van der Waals surface area contributed by atoms with E-state index in [4.69, 9.17) is 15.3 Å². The predicted octanol–water partition coefficient (Wildman–Crippen LogP) is 0.478. The van der Waals surface area contributed by atoms with Crippen LogP contribution < -0.4 is 0 Å². The molecule has 74 valence electrons. The summed E-state index contributed by atoms with van der Waals surface area (Å²) in [6.07, 6.45) is 1.44. The monoisotopic (exact) mass is 178 g/mol. The molecule has 3 N–H and O–H groups in total. The highest BCUT2D eigenvalue weighted by atomic mass is 16.4. The molecule has 0 rings (SSSR count). The molecule has 0 aromatic rings. The van der Waals surface area contributed by atoms with Crippen LogP contribution in [-0.4, -0.2) is 34.5 Å². The van der Waals surface area contributed by atoms with E-state index in [1.807, 2.05) is 0 Å². The fourth-order valence-electron chi connectivity index (χ4n) is 0.224. The number of aliphatic hydroxyl groups excluding tert-OH is 2. The van der Waals surface area contributed by atoms with Gasteiger partial charge in [-0.2, -0.15) is 0 Å². The fraction of sp³-hybridized carbons (Fsp3) is 0.875. The van der Waals surface area contributed by atoms with Gasteiger partial charge in [-0.25, -0.2) is 0 Å². The van der Waals surface area contributed by atoms with E-state index < -0.39 is 5.97 Å². The minimum Gasteiger partial charge on any atom is -0.481 e. The molecule has 0 amide bonds. The van der Waals surface area contributed by atoms with E-state index in [0.717, 1.165) is 12.8 Å². The number of aliphatic hydroxyl groups is 2. The van der Waals surface area contributed by atoms with Gasteiger partial charge in [0.05, 0.1) is 5.92 Å². The Labute approximate surface area is 72.8 Å². The molecule has 0 spiro atoms. The molecule has 0 fully saturated rings. The lowest BCUT2D eigenvalue weighted by Gasteiger charge is -1.89. The maximum atomic E-state index is 9.70. The summed E-state index contributed by atoms with van der Waals surface area (Å²) in [5.41, 5.74) is 0. The van der Waals surface area contributed by atoms with Crippen molar-refractivity contribution in [2.75, 3.05) is 13.2 Å². The first-order chi connectivity index (χ1) is 5.56. The van der Waals surface area contributed by atoms with Crippen LogP contribution >= 0.6 is 0 Å². The van der Waals surface area contributed by atoms with Crippen LogP contribution in [0.5, 0.6) is 0 Å². The Morgan fingerprint density at radius 1 is 1.17 bits per heavy atom. The van der Waals surface area contributed by atoms with E-state index in [2.05, 4.69) is 0 Å². The zero-order valence-electron chi connectivity index (χ0n) is 7.66. The molecule has 4 nitrogen and oxygen atoms in total. The average molecular weight is 178 g/mol. The average Bonchev–Trinajstić information content (AvgIpc) is 2.02. The van der Waals surface area contributed by atoms with Crippen molar-refractivity contribution in [3.63, 3.8) is 0 Å². The van der Waals surface area contributed by atoms with Gasteiger partial charge in [0, 0.05) is 13.2 Å². The Morgan fingerprint density at radius 3 is 1.50 bits per heavy atom. The van der Waals surface area contributed by atoms with Crippen LogP contribution in [0.25, 0.3) is 0 Å². The van der Waals surface area contributed by atoms with Gasteiger partial charge in [0.2, 0.25) is 0 Å². The molecule has 0 heterocycles. The van der Waals surface area contributed by atoms with Gasteiger partial charge in [-0.15, -0.1) is 0 Å². The van der Waals surface area contributed by atoms with Gasteiger partial charge >= 0.3 is 5.97 Å². The molecule has 0 aliphatic heterocycles. The first-order valence-corrected chi connectivity index (χ1v) is 4.00. The molecule has 0 radical (unpaired) electrons. The quantitative estimate of drug-likeness (QED) is 0.547. The summed E-state index contributed by atoms with van der Waals surface area (Å²) in [6, 6.07) is 0. The largest absolute Gasteiger partial charge is 0.481 e. The summed E-state index contributed by atoms with van der Waals surface area (Å²) in [5, 5.41) is 24.2. The predicted molar refractivity (Wildman–Crippen MR) is 45.9 cm³/mol. The molecule has 0 saturated carbocycles. The number of hydrogen-bond donors (Lipinski definition) is 3. The highest BCUT2D eigenvalue weighted by Crippen LogP contribution is 1.87. The molecular formula is C8H18O4. The summed E-state index contributed by atoms with van der Waals surface area (Å²) in [4.78, 5) is 9.70. The van der Waals surface area contributed by atoms with Crippen molar-refractivity contribution in [3.05, 3.63) is 0 Å². The molecule has 0 aromatic carbocycles. The summed E-state index contributed by atoms with van der Waals surface area (Å²) in [6.45, 7) is 3.67. The Morgan fingerprint density at radius 2 is 1.42 bits per heavy atom. The first kappa shape index (κ1) is 13.9. The molecule has 0 atom stereocenters. The molecule has 0 aliphatic rings. The summed E-state index contributed by atoms with van der Waals surface area (Å²) in [7, 11) is 0. The maximum absolute atomic E-state index is 9.70. The summed E-state index contributed by atoms with van der Waals surface area (Å²) < 4.78 is 0. The third kappa shape index (κ3) is 16.2. The highest BCUT2D eigenvalue weighted by Gasteiger charge is 1.99. The van der Waals surface area contributed by atoms with E-state index in [1.165, 1.54) is 0 Å². The number of aliphatic carboxylic acids is 1. The van der Waals surface area contributed by atoms with Crippen molar-refractivity contribution in [2.24, 2.45) is 5.92 Å². The van der Waals surface area contributed by atoms with Crippen molar-refractivity contribution in [2.45, 2.75) is 26.7 Å². The van der Waals surface area contributed by atoms with E-state index in [1.54, 1.807) is 13.8 Å². The van der Waals surface area contributed by atoms with Gasteiger partial charge in [-0.1, -0.05) is 13.8 Å². The Hall–Kier alpha value is -0.610. The SMILES string of the molecule is CC(C)C(=O)O.OCCCCO. The van der Waals surface area contributed by atoms with Crippen molar-refractivity contribution in [1.82, 2.24) is 0 Å². The second-order valence-electron chi connectivity index (χ2n) is 2.65. The van der Waals surface area contributed by atoms with Crippen molar-refractivity contribution in [3.8, 4) is 0 Å². The van der Waals surface area contributed by atoms with Crippen LogP contribution in [0.2, 0.25) is 0 Å². The van der Waals surface area contributed by atoms with Crippen molar-refractivity contribution < 1.29 is 20.1 Å². The van der Waals surface area contributed by atoms with Gasteiger partial charge in [0.15, 0.2) is 0 Å². The van der Waals surface area contributed by atoms with E-state index in [-0.39, 0.29) is 19.1 Å². The van der Waals surface area contributed by atoms with Gasteiger partial charge in [0.1, 0.15) is 0 Å². The van der Waals surface area contributed by atoms with E-state index in [0.29, 0.717) is 0 Å². The Balaban J connectivity index is 0. The maximum Gasteiger partial charge on any atom is 0.305 e. The topological polar surface area (TPSA) is 77.8 Å². The minimum absolute atomic E-state index is 0.195. The molecule has 4 heteroatoms. The van der Waals surface area contributed by atoms with Gasteiger partial charge in [-0.05, 0) is 12.8 Å². The lowest BCUT2D eigenvalue weighted by molar-refractivity contribution is -0.140. The Kier molecular flexibility index (Phi) is 12.1. The van der Waals surface area contributed by atoms with Gasteiger partial charge < -0.3 is 15.3 Å². The Bertz CT molecular complexity index is 97.2. The molecule has 0 aliphatic carbocycles. The zero-order chi connectivity index (χ0) is 9.98. The number of rotatable bonds is 4. The standard InChI is InChI=1S/C4H8O2.C4H10O2/c1-3(2)4(5)6;5-3-1-2-4-6/h3H,1-2H3,(H,5,6);5-6H,1-4H2. The molecule has 0 saturated heterocycles. The van der Waals surface area contributed by atoms with Crippen molar-refractivity contribution >= 4 is 5.97 Å². The minimum atomic E-state index is -0.741. The number of hydrogen-bond acceptors (Lipinski definition) is 3. The number of carboxylic acids is 1. The van der Waals surface area contributed by atoms with Crippen LogP contribution in [-0.2, 0) is 4.79 Å². The fourth-order valence-corrected chi connectivity index (χ4v) is 0.224. The molecule has 0 aromatic heterocycles. The van der Waals surface area contributed by atoms with Crippen LogP contribution in [0.4, 0.5) is 0 Å². The van der Waals surface area contributed by atoms with Crippen molar-refractivity contribution in [1.29, 1.82) is 0 Å². The molecule has 12 heavy (non-hydrogen) atoms. The number of carboxylic acid groups (broad SMARTS) is 1. The third-order valence-corrected chi connectivity index (χ3v) is 1.06. The van der Waals surface area contributed by atoms with Gasteiger partial charge in [0.25, 0.3) is 0 Å². The third-order valence-electron chi connectivity index (χ3n) is 1.06. The second kappa shape index (κ2) is 10.4. The normalized spacial score (nSPS) is 9.08. The molecule has 0 bridgehead atoms. The van der Waals surface area contributed by atoms with Gasteiger partial charge in [-0.3, -0.25) is 4.79 Å². The number of unbranched alkanes of at least 4 members (excludes halogenated alkanes) is 1. The summed E-state index contributed by atoms with van der Waals surface area (Å²) >= 11 is 0. The zero-order valence-corrected chi connectivity index (χ0v) is 7.66. The lowest BCUT2D eigenvalue weighted by atomic mass is 10.2. The van der Waals surface area contributed by atoms with E-state index in [9.17, 15) is 4.79 Å². The lowest BCUT2D eigenvalue weighted by Crippen LogP contribution is -2.03. The van der Waals surface area contributed by atoms with Crippen LogP contribution in [0, 0.1) is 5.92 Å². The number of carbonyl (C=O) groups is 1. The van der Waals surface area contributed by atoms with Crippen LogP contribution in [0.1, 0.15) is 26.7 Å². The second-order valence-corrected chi connectivity index (χ2v) is 2.65. The smallest absolute Gasteiger partial charge is 0.305 e. The molecule has 0 unspecified atom stereocenters. The first-order valence-electron chi connectivity index (χ1n) is 4.00. The molecular weight excluding hydrogens is 160 g/mol. The van der Waals surface area contributed by atoms with Crippen LogP contribution in [0.3, 0.4) is 0 Å². The highest BCUT2D eigenvalue weighted by molar-refractivity contribution is 5.68. The van der Waals surface area contributed by atoms with Crippen LogP contribution in [0.15, 0.2) is 0 Å².